The van der Waals surface area contributed by atoms with Crippen molar-refractivity contribution in [2.75, 3.05) is 18.5 Å². The second-order valence-electron chi connectivity index (χ2n) is 5.73. The number of anilines is 1. The minimum atomic E-state index is -1.03. The van der Waals surface area contributed by atoms with Crippen molar-refractivity contribution >= 4 is 17.6 Å². The average molecular weight is 341 g/mol. The number of esters is 1. The molecule has 2 rings (SSSR count). The molecule has 5 heteroatoms. The van der Waals surface area contributed by atoms with Crippen molar-refractivity contribution < 1.29 is 19.1 Å². The third-order valence-electron chi connectivity index (χ3n) is 3.66. The predicted octanol–water partition coefficient (Wildman–Crippen LogP) is 3.56. The van der Waals surface area contributed by atoms with Crippen molar-refractivity contribution in [3.63, 3.8) is 0 Å². The second-order valence-corrected chi connectivity index (χ2v) is 5.73. The van der Waals surface area contributed by atoms with Crippen molar-refractivity contribution in [2.45, 2.75) is 26.9 Å². The Bertz CT molecular complexity index is 728. The van der Waals surface area contributed by atoms with Gasteiger partial charge in [-0.3, -0.25) is 4.79 Å². The molecule has 132 valence electrons. The zero-order chi connectivity index (χ0) is 18.2. The predicted molar refractivity (Wildman–Crippen MR) is 96.3 cm³/mol. The highest BCUT2D eigenvalue weighted by molar-refractivity contribution is 5.96. The van der Waals surface area contributed by atoms with Gasteiger partial charge in [-0.1, -0.05) is 42.5 Å². The van der Waals surface area contributed by atoms with E-state index in [9.17, 15) is 9.59 Å². The molecule has 2 aromatic rings. The summed E-state index contributed by atoms with van der Waals surface area (Å²) in [6, 6.07) is 14.7. The fourth-order valence-corrected chi connectivity index (χ4v) is 2.32. The molecule has 2 aromatic carbocycles. The molecule has 0 bridgehead atoms. The SMILES string of the molecule is CCOCC(=O)O[C@H](C(=O)Nc1cc(C)ccc1C)c1ccccc1. The van der Waals surface area contributed by atoms with Gasteiger partial charge >= 0.3 is 5.97 Å². The van der Waals surface area contributed by atoms with Gasteiger partial charge in [0.25, 0.3) is 5.91 Å². The highest BCUT2D eigenvalue weighted by atomic mass is 16.6. The van der Waals surface area contributed by atoms with Crippen molar-refractivity contribution in [3.05, 3.63) is 65.2 Å². The van der Waals surface area contributed by atoms with Gasteiger partial charge in [0.05, 0.1) is 0 Å². The molecular weight excluding hydrogens is 318 g/mol. The number of carbonyl (C=O) groups excluding carboxylic acids is 2. The Kier molecular flexibility index (Phi) is 6.71. The van der Waals surface area contributed by atoms with Crippen molar-refractivity contribution in [1.29, 1.82) is 0 Å². The van der Waals surface area contributed by atoms with Crippen LogP contribution in [0.25, 0.3) is 0 Å². The first-order valence-electron chi connectivity index (χ1n) is 8.21. The Morgan fingerprint density at radius 2 is 1.80 bits per heavy atom. The number of hydrogen-bond donors (Lipinski definition) is 1. The van der Waals surface area contributed by atoms with E-state index < -0.39 is 18.0 Å². The van der Waals surface area contributed by atoms with Gasteiger partial charge in [-0.05, 0) is 38.0 Å². The van der Waals surface area contributed by atoms with Gasteiger partial charge in [-0.25, -0.2) is 4.79 Å². The zero-order valence-corrected chi connectivity index (χ0v) is 14.7. The number of hydrogen-bond acceptors (Lipinski definition) is 4. The molecule has 1 atom stereocenters. The Morgan fingerprint density at radius 1 is 1.08 bits per heavy atom. The Balaban J connectivity index is 2.20. The van der Waals surface area contributed by atoms with E-state index in [0.29, 0.717) is 17.9 Å². The smallest absolute Gasteiger partial charge is 0.333 e. The van der Waals surface area contributed by atoms with E-state index in [1.165, 1.54) is 0 Å². The maximum absolute atomic E-state index is 12.8. The molecule has 0 aromatic heterocycles. The standard InChI is InChI=1S/C20H23NO4/c1-4-24-13-18(22)25-19(16-8-6-5-7-9-16)20(23)21-17-12-14(2)10-11-15(17)3/h5-12,19H,4,13H2,1-3H3,(H,21,23)/t19-/m0/s1. The number of amides is 1. The molecule has 0 unspecified atom stereocenters. The lowest BCUT2D eigenvalue weighted by atomic mass is 10.1. The molecule has 0 aliphatic rings. The van der Waals surface area contributed by atoms with Crippen LogP contribution in [0.5, 0.6) is 0 Å². The number of nitrogens with one attached hydrogen (secondary N) is 1. The highest BCUT2D eigenvalue weighted by Crippen LogP contribution is 2.22. The van der Waals surface area contributed by atoms with Crippen LogP contribution in [-0.2, 0) is 19.1 Å². The molecule has 0 saturated carbocycles. The molecule has 1 N–H and O–H groups in total. The van der Waals surface area contributed by atoms with Crippen molar-refractivity contribution in [2.24, 2.45) is 0 Å². The average Bonchev–Trinajstić information content (AvgIpc) is 2.61. The molecule has 0 aliphatic carbocycles. The number of benzene rings is 2. The van der Waals surface area contributed by atoms with E-state index in [2.05, 4.69) is 5.32 Å². The molecule has 0 fully saturated rings. The minimum absolute atomic E-state index is 0.184. The van der Waals surface area contributed by atoms with E-state index >= 15 is 0 Å². The summed E-state index contributed by atoms with van der Waals surface area (Å²) in [5.74, 6) is -0.975. The molecule has 0 saturated heterocycles. The number of aryl methyl sites for hydroxylation is 2. The van der Waals surface area contributed by atoms with Crippen LogP contribution in [0, 0.1) is 13.8 Å². The van der Waals surface area contributed by atoms with Crippen LogP contribution in [0.3, 0.4) is 0 Å². The quantitative estimate of drug-likeness (QED) is 0.782. The van der Waals surface area contributed by atoms with E-state index in [-0.39, 0.29) is 6.61 Å². The molecule has 0 aliphatic heterocycles. The maximum Gasteiger partial charge on any atom is 0.333 e. The number of ether oxygens (including phenoxy) is 2. The summed E-state index contributed by atoms with van der Waals surface area (Å²) in [5, 5.41) is 2.85. The molecule has 0 radical (unpaired) electrons. The van der Waals surface area contributed by atoms with Gasteiger partial charge in [0.1, 0.15) is 6.61 Å². The molecule has 5 nitrogen and oxygen atoms in total. The first-order chi connectivity index (χ1) is 12.0. The van der Waals surface area contributed by atoms with Gasteiger partial charge in [-0.2, -0.15) is 0 Å². The minimum Gasteiger partial charge on any atom is -0.446 e. The first-order valence-corrected chi connectivity index (χ1v) is 8.21. The normalized spacial score (nSPS) is 11.6. The van der Waals surface area contributed by atoms with E-state index in [0.717, 1.165) is 11.1 Å². The maximum atomic E-state index is 12.8. The van der Waals surface area contributed by atoms with Crippen LogP contribution in [0.15, 0.2) is 48.5 Å². The Labute approximate surface area is 148 Å². The summed E-state index contributed by atoms with van der Waals surface area (Å²) >= 11 is 0. The van der Waals surface area contributed by atoms with E-state index in [4.69, 9.17) is 9.47 Å². The largest absolute Gasteiger partial charge is 0.446 e. The monoisotopic (exact) mass is 341 g/mol. The lowest BCUT2D eigenvalue weighted by Crippen LogP contribution is -2.27. The lowest BCUT2D eigenvalue weighted by Gasteiger charge is -2.19. The Morgan fingerprint density at radius 3 is 2.48 bits per heavy atom. The van der Waals surface area contributed by atoms with Gasteiger partial charge in [-0.15, -0.1) is 0 Å². The molecule has 1 amide bonds. The number of carbonyl (C=O) groups is 2. The Hall–Kier alpha value is -2.66. The van der Waals surface area contributed by atoms with Crippen molar-refractivity contribution in [1.82, 2.24) is 0 Å². The molecular formula is C20H23NO4. The van der Waals surface area contributed by atoms with Gasteiger partial charge in [0.15, 0.2) is 0 Å². The summed E-state index contributed by atoms with van der Waals surface area (Å²) in [4.78, 5) is 24.7. The zero-order valence-electron chi connectivity index (χ0n) is 14.7. The van der Waals surface area contributed by atoms with Crippen molar-refractivity contribution in [3.8, 4) is 0 Å². The van der Waals surface area contributed by atoms with E-state index in [1.807, 2.05) is 38.1 Å². The van der Waals surface area contributed by atoms with Crippen LogP contribution in [0.4, 0.5) is 5.69 Å². The van der Waals surface area contributed by atoms with Crippen LogP contribution in [0.1, 0.15) is 29.7 Å². The molecule has 0 spiro atoms. The first kappa shape index (κ1) is 18.7. The van der Waals surface area contributed by atoms with E-state index in [1.54, 1.807) is 31.2 Å². The summed E-state index contributed by atoms with van der Waals surface area (Å²) in [6.45, 7) is 5.87. The molecule has 0 heterocycles. The van der Waals surface area contributed by atoms with Crippen LogP contribution < -0.4 is 5.32 Å². The summed E-state index contributed by atoms with van der Waals surface area (Å²) in [5.41, 5.74) is 3.28. The fourth-order valence-electron chi connectivity index (χ4n) is 2.32. The van der Waals surface area contributed by atoms with Gasteiger partial charge in [0.2, 0.25) is 6.10 Å². The highest BCUT2D eigenvalue weighted by Gasteiger charge is 2.25. The summed E-state index contributed by atoms with van der Waals surface area (Å²) in [6.07, 6.45) is -1.03. The second kappa shape index (κ2) is 8.99. The van der Waals surface area contributed by atoms with Gasteiger partial charge < -0.3 is 14.8 Å². The number of rotatable bonds is 7. The fraction of sp³-hybridized carbons (Fsp3) is 0.300. The van der Waals surface area contributed by atoms with Crippen LogP contribution in [0.2, 0.25) is 0 Å². The van der Waals surface area contributed by atoms with Crippen LogP contribution in [-0.4, -0.2) is 25.1 Å². The lowest BCUT2D eigenvalue weighted by molar-refractivity contribution is -0.159. The van der Waals surface area contributed by atoms with Gasteiger partial charge in [0, 0.05) is 17.9 Å². The summed E-state index contributed by atoms with van der Waals surface area (Å²) in [7, 11) is 0. The topological polar surface area (TPSA) is 64.6 Å². The third-order valence-corrected chi connectivity index (χ3v) is 3.66. The third kappa shape index (κ3) is 5.43. The summed E-state index contributed by atoms with van der Waals surface area (Å²) < 4.78 is 10.4. The molecule has 25 heavy (non-hydrogen) atoms. The van der Waals surface area contributed by atoms with Crippen LogP contribution >= 0.6 is 0 Å².